The fraction of sp³-hybridized carbons (Fsp3) is 0.737. The van der Waals surface area contributed by atoms with E-state index in [1.165, 1.54) is 82.6 Å². The second-order valence-corrected chi connectivity index (χ2v) is 6.45. The minimum atomic E-state index is 0.681. The lowest BCUT2D eigenvalue weighted by atomic mass is 10.0. The molecule has 1 aromatic heterocycles. The number of hydrogen-bond acceptors (Lipinski definition) is 1. The van der Waals surface area contributed by atoms with Gasteiger partial charge in [-0.3, -0.25) is 0 Å². The van der Waals surface area contributed by atoms with Gasteiger partial charge in [0.05, 0.1) is 0 Å². The summed E-state index contributed by atoms with van der Waals surface area (Å²) in [4.78, 5) is 4.12. The number of nitrogens with zero attached hydrogens (tertiary/aromatic N) is 1. The van der Waals surface area contributed by atoms with Crippen molar-refractivity contribution in [1.82, 2.24) is 4.98 Å². The Labute approximate surface area is 136 Å². The highest BCUT2D eigenvalue weighted by atomic mass is 35.5. The topological polar surface area (TPSA) is 12.9 Å². The number of aryl methyl sites for hydroxylation is 1. The quantitative estimate of drug-likeness (QED) is 0.283. The van der Waals surface area contributed by atoms with Gasteiger partial charge in [0, 0.05) is 6.20 Å². The van der Waals surface area contributed by atoms with Crippen molar-refractivity contribution in [3.05, 3.63) is 29.0 Å². The molecule has 1 nitrogen and oxygen atoms in total. The Morgan fingerprint density at radius 3 is 1.86 bits per heavy atom. The van der Waals surface area contributed by atoms with Gasteiger partial charge in [0.15, 0.2) is 0 Å². The Morgan fingerprint density at radius 2 is 1.33 bits per heavy atom. The van der Waals surface area contributed by atoms with Gasteiger partial charge in [-0.2, -0.15) is 0 Å². The third-order valence-electron chi connectivity index (χ3n) is 4.14. The zero-order valence-corrected chi connectivity index (χ0v) is 14.5. The summed E-state index contributed by atoms with van der Waals surface area (Å²) in [6.45, 7) is 2.28. The highest BCUT2D eigenvalue weighted by Gasteiger charge is 1.99. The third-order valence-corrected chi connectivity index (χ3v) is 4.48. The molecule has 1 heterocycles. The largest absolute Gasteiger partial charge is 0.244 e. The van der Waals surface area contributed by atoms with Crippen LogP contribution in [0.4, 0.5) is 0 Å². The fourth-order valence-corrected chi connectivity index (χ4v) is 2.98. The summed E-state index contributed by atoms with van der Waals surface area (Å²) in [5.74, 6) is 0. The van der Waals surface area contributed by atoms with Crippen LogP contribution in [0.3, 0.4) is 0 Å². The van der Waals surface area contributed by atoms with Crippen molar-refractivity contribution in [1.29, 1.82) is 0 Å². The Kier molecular flexibility index (Phi) is 11.6. The molecular weight excluding hydrogens is 278 g/mol. The number of aromatic nitrogens is 1. The first kappa shape index (κ1) is 18.5. The van der Waals surface area contributed by atoms with Gasteiger partial charge in [-0.25, -0.2) is 4.98 Å². The molecule has 120 valence electrons. The molecule has 0 fully saturated rings. The van der Waals surface area contributed by atoms with E-state index in [2.05, 4.69) is 18.0 Å². The molecule has 0 aliphatic heterocycles. The molecule has 0 aliphatic carbocycles. The van der Waals surface area contributed by atoms with Gasteiger partial charge in [0.2, 0.25) is 0 Å². The summed E-state index contributed by atoms with van der Waals surface area (Å²) in [5.41, 5.74) is 1.20. The number of unbranched alkanes of at least 4 members (excludes halogenated alkanes) is 11. The Bertz CT molecular complexity index is 351. The minimum absolute atomic E-state index is 0.681. The third kappa shape index (κ3) is 9.90. The second kappa shape index (κ2) is 13.1. The summed E-state index contributed by atoms with van der Waals surface area (Å²) in [6.07, 6.45) is 19.5. The average Bonchev–Trinajstić information content (AvgIpc) is 2.50. The number of halogens is 1. The van der Waals surface area contributed by atoms with Crippen LogP contribution in [0.5, 0.6) is 0 Å². The summed E-state index contributed by atoms with van der Waals surface area (Å²) < 4.78 is 0. The van der Waals surface area contributed by atoms with Gasteiger partial charge in [0.1, 0.15) is 5.15 Å². The van der Waals surface area contributed by atoms with E-state index in [4.69, 9.17) is 11.6 Å². The van der Waals surface area contributed by atoms with Crippen LogP contribution in [0.2, 0.25) is 5.15 Å². The molecule has 0 saturated heterocycles. The van der Waals surface area contributed by atoms with E-state index in [1.807, 2.05) is 6.07 Å². The van der Waals surface area contributed by atoms with E-state index in [1.54, 1.807) is 6.20 Å². The SMILES string of the molecule is CCCCCCCCCCCCCCc1cccnc1Cl. The highest BCUT2D eigenvalue weighted by Crippen LogP contribution is 2.16. The zero-order valence-electron chi connectivity index (χ0n) is 13.7. The van der Waals surface area contributed by atoms with E-state index in [9.17, 15) is 0 Å². The molecule has 0 bridgehead atoms. The van der Waals surface area contributed by atoms with Crippen molar-refractivity contribution in [2.75, 3.05) is 0 Å². The van der Waals surface area contributed by atoms with Crippen molar-refractivity contribution < 1.29 is 0 Å². The smallest absolute Gasteiger partial charge is 0.132 e. The fourth-order valence-electron chi connectivity index (χ4n) is 2.76. The van der Waals surface area contributed by atoms with Gasteiger partial charge in [-0.05, 0) is 24.5 Å². The highest BCUT2D eigenvalue weighted by molar-refractivity contribution is 6.30. The molecule has 0 amide bonds. The molecular formula is C19H32ClN. The molecule has 0 spiro atoms. The lowest BCUT2D eigenvalue weighted by Crippen LogP contribution is -1.89. The number of pyridine rings is 1. The standard InChI is InChI=1S/C19H32ClN/c1-2-3-4-5-6-7-8-9-10-11-12-13-15-18-16-14-17-21-19(18)20/h14,16-17H,2-13,15H2,1H3. The summed E-state index contributed by atoms with van der Waals surface area (Å²) in [6, 6.07) is 4.07. The first-order chi connectivity index (χ1) is 10.3. The van der Waals surface area contributed by atoms with E-state index < -0.39 is 0 Å². The maximum atomic E-state index is 6.06. The Hall–Kier alpha value is -0.560. The lowest BCUT2D eigenvalue weighted by Gasteiger charge is -2.04. The van der Waals surface area contributed by atoms with Crippen LogP contribution >= 0.6 is 11.6 Å². The molecule has 0 radical (unpaired) electrons. The lowest BCUT2D eigenvalue weighted by molar-refractivity contribution is 0.544. The molecule has 21 heavy (non-hydrogen) atoms. The molecule has 0 saturated carbocycles. The van der Waals surface area contributed by atoms with E-state index in [0.717, 1.165) is 6.42 Å². The van der Waals surface area contributed by atoms with E-state index >= 15 is 0 Å². The van der Waals surface area contributed by atoms with Crippen molar-refractivity contribution in [2.24, 2.45) is 0 Å². The Morgan fingerprint density at radius 1 is 0.810 bits per heavy atom. The molecule has 0 atom stereocenters. The minimum Gasteiger partial charge on any atom is -0.244 e. The first-order valence-electron chi connectivity index (χ1n) is 8.94. The van der Waals surface area contributed by atoms with Gasteiger partial charge >= 0.3 is 0 Å². The predicted octanol–water partition coefficient (Wildman–Crippen LogP) is 6.98. The molecule has 2 heteroatoms. The van der Waals surface area contributed by atoms with Crippen LogP contribution < -0.4 is 0 Å². The average molecular weight is 310 g/mol. The van der Waals surface area contributed by atoms with Crippen LogP contribution in [0.15, 0.2) is 18.3 Å². The second-order valence-electron chi connectivity index (χ2n) is 6.09. The van der Waals surface area contributed by atoms with Crippen molar-refractivity contribution in [2.45, 2.75) is 90.4 Å². The summed E-state index contributed by atoms with van der Waals surface area (Å²) in [5, 5.41) is 0.681. The van der Waals surface area contributed by atoms with Crippen molar-refractivity contribution in [3.63, 3.8) is 0 Å². The van der Waals surface area contributed by atoms with Crippen LogP contribution in [-0.4, -0.2) is 4.98 Å². The summed E-state index contributed by atoms with van der Waals surface area (Å²) in [7, 11) is 0. The van der Waals surface area contributed by atoms with E-state index in [-0.39, 0.29) is 0 Å². The molecule has 0 aliphatic rings. The molecule has 0 aromatic carbocycles. The number of hydrogen-bond donors (Lipinski definition) is 0. The Balaban J connectivity index is 1.84. The molecule has 1 rings (SSSR count). The molecule has 1 aromatic rings. The van der Waals surface area contributed by atoms with Crippen LogP contribution in [0, 0.1) is 0 Å². The van der Waals surface area contributed by atoms with Gasteiger partial charge in [0.25, 0.3) is 0 Å². The van der Waals surface area contributed by atoms with Crippen molar-refractivity contribution >= 4 is 11.6 Å². The zero-order chi connectivity index (χ0) is 15.2. The van der Waals surface area contributed by atoms with Crippen LogP contribution in [0.25, 0.3) is 0 Å². The monoisotopic (exact) mass is 309 g/mol. The van der Waals surface area contributed by atoms with Crippen molar-refractivity contribution in [3.8, 4) is 0 Å². The first-order valence-corrected chi connectivity index (χ1v) is 9.31. The van der Waals surface area contributed by atoms with Crippen LogP contribution in [0.1, 0.15) is 89.5 Å². The van der Waals surface area contributed by atoms with Gasteiger partial charge in [-0.15, -0.1) is 0 Å². The molecule has 0 unspecified atom stereocenters. The van der Waals surface area contributed by atoms with E-state index in [0.29, 0.717) is 5.15 Å². The van der Waals surface area contributed by atoms with Crippen LogP contribution in [-0.2, 0) is 6.42 Å². The van der Waals surface area contributed by atoms with Gasteiger partial charge < -0.3 is 0 Å². The number of rotatable bonds is 13. The normalized spacial score (nSPS) is 11.0. The maximum absolute atomic E-state index is 6.06. The predicted molar refractivity (Wildman–Crippen MR) is 94.0 cm³/mol. The molecule has 0 N–H and O–H groups in total. The van der Waals surface area contributed by atoms with Gasteiger partial charge in [-0.1, -0.05) is 95.2 Å². The maximum Gasteiger partial charge on any atom is 0.132 e. The summed E-state index contributed by atoms with van der Waals surface area (Å²) >= 11 is 6.06.